The zero-order valence-electron chi connectivity index (χ0n) is 8.66. The average molecular weight is 185 g/mol. The summed E-state index contributed by atoms with van der Waals surface area (Å²) in [7, 11) is 1.97. The second kappa shape index (κ2) is 4.20. The normalized spacial score (nSPS) is 29.9. The van der Waals surface area contributed by atoms with E-state index in [1.807, 2.05) is 14.0 Å². The van der Waals surface area contributed by atoms with Gasteiger partial charge in [-0.3, -0.25) is 9.69 Å². The number of carbonyl (C=O) groups is 1. The van der Waals surface area contributed by atoms with Crippen LogP contribution in [-0.4, -0.2) is 41.5 Å². The third kappa shape index (κ3) is 2.78. The highest BCUT2D eigenvalue weighted by Gasteiger charge is 2.29. The van der Waals surface area contributed by atoms with E-state index in [0.717, 1.165) is 19.4 Å². The Morgan fingerprint density at radius 1 is 1.62 bits per heavy atom. The van der Waals surface area contributed by atoms with Gasteiger partial charge in [0.25, 0.3) is 0 Å². The molecule has 0 bridgehead atoms. The second-order valence-electron chi connectivity index (χ2n) is 4.22. The third-order valence-corrected chi connectivity index (χ3v) is 3.01. The first-order chi connectivity index (χ1) is 6.00. The zero-order valence-corrected chi connectivity index (χ0v) is 8.66. The van der Waals surface area contributed by atoms with Gasteiger partial charge in [0.2, 0.25) is 0 Å². The van der Waals surface area contributed by atoms with Crippen molar-refractivity contribution in [1.82, 2.24) is 4.90 Å². The summed E-state index contributed by atoms with van der Waals surface area (Å²) in [5.74, 6) is 0.796. The topological polar surface area (TPSA) is 40.5 Å². The summed E-state index contributed by atoms with van der Waals surface area (Å²) in [6, 6.07) is 0.0118. The van der Waals surface area contributed by atoms with Crippen molar-refractivity contribution < 1.29 is 9.90 Å². The summed E-state index contributed by atoms with van der Waals surface area (Å²) in [5, 5.41) is 9.09. The molecule has 1 atom stereocenters. The average Bonchev–Trinajstić information content (AvgIpc) is 2.00. The maximum absolute atomic E-state index is 11.0. The molecule has 0 spiro atoms. The minimum absolute atomic E-state index is 0.0118. The monoisotopic (exact) mass is 185 g/mol. The highest BCUT2D eigenvalue weighted by Crippen LogP contribution is 2.27. The molecule has 1 rings (SSSR count). The van der Waals surface area contributed by atoms with Gasteiger partial charge in [-0.25, -0.2) is 0 Å². The van der Waals surface area contributed by atoms with Gasteiger partial charge < -0.3 is 5.11 Å². The molecule has 1 N–H and O–H groups in total. The van der Waals surface area contributed by atoms with Crippen LogP contribution < -0.4 is 0 Å². The Kier molecular flexibility index (Phi) is 3.45. The molecular weight excluding hydrogens is 166 g/mol. The molecule has 0 saturated heterocycles. The van der Waals surface area contributed by atoms with Gasteiger partial charge in [-0.15, -0.1) is 0 Å². The second-order valence-corrected chi connectivity index (χ2v) is 4.22. The molecule has 1 aliphatic carbocycles. The van der Waals surface area contributed by atoms with Crippen LogP contribution in [0.2, 0.25) is 0 Å². The van der Waals surface area contributed by atoms with Gasteiger partial charge in [0, 0.05) is 6.54 Å². The summed E-state index contributed by atoms with van der Waals surface area (Å²) in [5.41, 5.74) is 0. The van der Waals surface area contributed by atoms with E-state index >= 15 is 0 Å². The van der Waals surface area contributed by atoms with Crippen molar-refractivity contribution in [2.45, 2.75) is 38.8 Å². The van der Waals surface area contributed by atoms with Gasteiger partial charge in [0.05, 0.1) is 12.1 Å². The summed E-state index contributed by atoms with van der Waals surface area (Å²) >= 11 is 0. The fourth-order valence-corrected chi connectivity index (χ4v) is 1.73. The van der Waals surface area contributed by atoms with Crippen LogP contribution in [0.3, 0.4) is 0 Å². The summed E-state index contributed by atoms with van der Waals surface area (Å²) in [6.45, 7) is 4.48. The van der Waals surface area contributed by atoms with E-state index in [1.54, 1.807) is 6.92 Å². The van der Waals surface area contributed by atoms with Crippen molar-refractivity contribution in [3.05, 3.63) is 0 Å². The van der Waals surface area contributed by atoms with Crippen LogP contribution in [0, 0.1) is 5.92 Å². The molecule has 0 aromatic heterocycles. The Balaban J connectivity index is 2.24. The molecule has 1 aliphatic rings. The Bertz CT molecular complexity index is 187. The lowest BCUT2D eigenvalue weighted by Gasteiger charge is -2.35. The lowest BCUT2D eigenvalue weighted by molar-refractivity contribution is -0.121. The van der Waals surface area contributed by atoms with E-state index in [2.05, 4.69) is 4.90 Å². The molecule has 0 aromatic rings. The smallest absolute Gasteiger partial charge is 0.146 e. The molecule has 3 nitrogen and oxygen atoms in total. The van der Waals surface area contributed by atoms with Crippen LogP contribution >= 0.6 is 0 Å². The Labute approximate surface area is 79.7 Å². The quantitative estimate of drug-likeness (QED) is 0.699. The maximum atomic E-state index is 11.0. The van der Waals surface area contributed by atoms with E-state index in [4.69, 9.17) is 5.11 Å². The molecule has 0 aliphatic heterocycles. The molecule has 1 fully saturated rings. The minimum atomic E-state index is -0.0916. The van der Waals surface area contributed by atoms with Crippen LogP contribution in [0.15, 0.2) is 0 Å². The first-order valence-corrected chi connectivity index (χ1v) is 4.89. The van der Waals surface area contributed by atoms with Gasteiger partial charge in [-0.1, -0.05) is 0 Å². The number of ketones is 1. The largest absolute Gasteiger partial charge is 0.393 e. The number of Topliss-reactive ketones (excluding diaryl/α,β-unsaturated/α-hetero) is 1. The number of rotatable bonds is 4. The Hall–Kier alpha value is -0.410. The summed E-state index contributed by atoms with van der Waals surface area (Å²) in [4.78, 5) is 13.1. The molecule has 0 amide bonds. The summed E-state index contributed by atoms with van der Waals surface area (Å²) < 4.78 is 0. The molecule has 13 heavy (non-hydrogen) atoms. The fourth-order valence-electron chi connectivity index (χ4n) is 1.73. The third-order valence-electron chi connectivity index (χ3n) is 3.01. The minimum Gasteiger partial charge on any atom is -0.393 e. The molecule has 0 heterocycles. The van der Waals surface area contributed by atoms with Gasteiger partial charge in [0.1, 0.15) is 5.78 Å². The van der Waals surface area contributed by atoms with Crippen LogP contribution in [-0.2, 0) is 4.79 Å². The van der Waals surface area contributed by atoms with Crippen molar-refractivity contribution in [2.24, 2.45) is 5.92 Å². The SMILES string of the molecule is CC(=O)C(C)N(C)CC1CC(O)C1. The molecular formula is C10H19NO2. The fraction of sp³-hybridized carbons (Fsp3) is 0.900. The molecule has 1 unspecified atom stereocenters. The molecule has 1 saturated carbocycles. The number of aliphatic hydroxyl groups excluding tert-OH is 1. The van der Waals surface area contributed by atoms with Crippen molar-refractivity contribution in [3.8, 4) is 0 Å². The number of aliphatic hydroxyl groups is 1. The maximum Gasteiger partial charge on any atom is 0.146 e. The Morgan fingerprint density at radius 2 is 2.15 bits per heavy atom. The first kappa shape index (κ1) is 10.7. The number of likely N-dealkylation sites (N-methyl/N-ethyl adjacent to an activating group) is 1. The van der Waals surface area contributed by atoms with E-state index in [-0.39, 0.29) is 17.9 Å². The lowest BCUT2D eigenvalue weighted by atomic mass is 9.82. The van der Waals surface area contributed by atoms with E-state index in [1.165, 1.54) is 0 Å². The van der Waals surface area contributed by atoms with Crippen molar-refractivity contribution in [2.75, 3.05) is 13.6 Å². The molecule has 76 valence electrons. The van der Waals surface area contributed by atoms with Crippen molar-refractivity contribution >= 4 is 5.78 Å². The van der Waals surface area contributed by atoms with Gasteiger partial charge in [-0.2, -0.15) is 0 Å². The zero-order chi connectivity index (χ0) is 10.0. The van der Waals surface area contributed by atoms with Crippen LogP contribution in [0.5, 0.6) is 0 Å². The van der Waals surface area contributed by atoms with Gasteiger partial charge in [-0.05, 0) is 39.7 Å². The highest BCUT2D eigenvalue weighted by atomic mass is 16.3. The predicted octanol–water partition coefficient (Wildman–Crippen LogP) is 0.667. The van der Waals surface area contributed by atoms with Crippen LogP contribution in [0.1, 0.15) is 26.7 Å². The lowest BCUT2D eigenvalue weighted by Crippen LogP contribution is -2.42. The number of hydrogen-bond donors (Lipinski definition) is 1. The Morgan fingerprint density at radius 3 is 2.54 bits per heavy atom. The highest BCUT2D eigenvalue weighted by molar-refractivity contribution is 5.80. The van der Waals surface area contributed by atoms with Gasteiger partial charge in [0.15, 0.2) is 0 Å². The van der Waals surface area contributed by atoms with Gasteiger partial charge >= 0.3 is 0 Å². The molecule has 3 heteroatoms. The molecule has 0 radical (unpaired) electrons. The number of carbonyl (C=O) groups excluding carboxylic acids is 1. The number of nitrogens with zero attached hydrogens (tertiary/aromatic N) is 1. The first-order valence-electron chi connectivity index (χ1n) is 4.89. The summed E-state index contributed by atoms with van der Waals surface area (Å²) in [6.07, 6.45) is 1.70. The van der Waals surface area contributed by atoms with E-state index < -0.39 is 0 Å². The number of hydrogen-bond acceptors (Lipinski definition) is 3. The van der Waals surface area contributed by atoms with Crippen LogP contribution in [0.4, 0.5) is 0 Å². The standard InChI is InChI=1S/C10H19NO2/c1-7(8(2)12)11(3)6-9-4-10(13)5-9/h7,9-10,13H,4-6H2,1-3H3. The van der Waals surface area contributed by atoms with E-state index in [0.29, 0.717) is 5.92 Å². The van der Waals surface area contributed by atoms with Crippen LogP contribution in [0.25, 0.3) is 0 Å². The van der Waals surface area contributed by atoms with Crippen molar-refractivity contribution in [1.29, 1.82) is 0 Å². The van der Waals surface area contributed by atoms with E-state index in [9.17, 15) is 4.79 Å². The van der Waals surface area contributed by atoms with Crippen molar-refractivity contribution in [3.63, 3.8) is 0 Å². The predicted molar refractivity (Wildman–Crippen MR) is 51.5 cm³/mol. The molecule has 0 aromatic carbocycles.